The molecule has 2 aromatic carbocycles. The molecule has 0 spiro atoms. The number of anilines is 1. The van der Waals surface area contributed by atoms with E-state index in [1.165, 1.54) is 0 Å². The summed E-state index contributed by atoms with van der Waals surface area (Å²) >= 11 is 0. The highest BCUT2D eigenvalue weighted by Gasteiger charge is 2.05. The SMILES string of the molecule is COc1ccc(NC(N)=NCCc2cnn(-c3ccccc3)c2)cc1OC.I. The quantitative estimate of drug-likeness (QED) is 0.299. The van der Waals surface area contributed by atoms with Gasteiger partial charge in [0.05, 0.1) is 26.1 Å². The molecule has 1 aromatic heterocycles. The smallest absolute Gasteiger partial charge is 0.193 e. The van der Waals surface area contributed by atoms with Gasteiger partial charge in [-0.3, -0.25) is 4.99 Å². The standard InChI is InChI=1S/C20H23N5O2.HI/c1-26-18-9-8-16(12-19(18)27-2)24-20(21)22-11-10-15-13-23-25(14-15)17-6-4-3-5-7-17;/h3-9,12-14H,10-11H2,1-2H3,(H3,21,22,24);1H. The van der Waals surface area contributed by atoms with Gasteiger partial charge in [-0.05, 0) is 36.2 Å². The highest BCUT2D eigenvalue weighted by molar-refractivity contribution is 14.0. The summed E-state index contributed by atoms with van der Waals surface area (Å²) in [7, 11) is 3.19. The summed E-state index contributed by atoms with van der Waals surface area (Å²) in [6.45, 7) is 0.562. The Labute approximate surface area is 181 Å². The van der Waals surface area contributed by atoms with Gasteiger partial charge in [-0.2, -0.15) is 5.10 Å². The van der Waals surface area contributed by atoms with Crippen molar-refractivity contribution in [3.63, 3.8) is 0 Å². The number of aromatic nitrogens is 2. The Morgan fingerprint density at radius 3 is 2.57 bits per heavy atom. The van der Waals surface area contributed by atoms with Crippen molar-refractivity contribution in [1.82, 2.24) is 9.78 Å². The van der Waals surface area contributed by atoms with Gasteiger partial charge in [-0.25, -0.2) is 4.68 Å². The molecule has 0 saturated heterocycles. The van der Waals surface area contributed by atoms with Crippen LogP contribution in [0.4, 0.5) is 5.69 Å². The molecular formula is C20H24IN5O2. The van der Waals surface area contributed by atoms with Gasteiger partial charge in [-0.1, -0.05) is 18.2 Å². The van der Waals surface area contributed by atoms with E-state index in [4.69, 9.17) is 15.2 Å². The highest BCUT2D eigenvalue weighted by atomic mass is 127. The first-order chi connectivity index (χ1) is 13.2. The van der Waals surface area contributed by atoms with E-state index in [1.54, 1.807) is 14.2 Å². The number of guanidine groups is 1. The maximum atomic E-state index is 5.97. The molecule has 0 aliphatic rings. The van der Waals surface area contributed by atoms with E-state index in [9.17, 15) is 0 Å². The molecule has 0 fully saturated rings. The predicted octanol–water partition coefficient (Wildman–Crippen LogP) is 3.48. The van der Waals surface area contributed by atoms with Gasteiger partial charge in [0.15, 0.2) is 17.5 Å². The molecule has 0 unspecified atom stereocenters. The lowest BCUT2D eigenvalue weighted by Crippen LogP contribution is -2.23. The molecule has 0 aliphatic heterocycles. The Bertz CT molecular complexity index is 912. The Morgan fingerprint density at radius 1 is 1.11 bits per heavy atom. The molecular weight excluding hydrogens is 469 g/mol. The predicted molar refractivity (Wildman–Crippen MR) is 122 cm³/mol. The van der Waals surface area contributed by atoms with Crippen LogP contribution >= 0.6 is 24.0 Å². The molecule has 3 aromatic rings. The number of methoxy groups -OCH3 is 2. The van der Waals surface area contributed by atoms with Crippen LogP contribution in [0.1, 0.15) is 5.56 Å². The Hall–Kier alpha value is -2.75. The summed E-state index contributed by atoms with van der Waals surface area (Å²) in [5.74, 6) is 1.63. The number of halogens is 1. The van der Waals surface area contributed by atoms with Crippen molar-refractivity contribution < 1.29 is 9.47 Å². The number of para-hydroxylation sites is 1. The van der Waals surface area contributed by atoms with Gasteiger partial charge in [-0.15, -0.1) is 24.0 Å². The van der Waals surface area contributed by atoms with Gasteiger partial charge in [0, 0.05) is 24.5 Å². The van der Waals surface area contributed by atoms with Gasteiger partial charge >= 0.3 is 0 Å². The lowest BCUT2D eigenvalue weighted by molar-refractivity contribution is 0.355. The van der Waals surface area contributed by atoms with E-state index >= 15 is 0 Å². The zero-order valence-corrected chi connectivity index (χ0v) is 18.2. The van der Waals surface area contributed by atoms with Gasteiger partial charge < -0.3 is 20.5 Å². The zero-order chi connectivity index (χ0) is 19.1. The van der Waals surface area contributed by atoms with Crippen LogP contribution in [0.5, 0.6) is 11.5 Å². The molecule has 0 atom stereocenters. The summed E-state index contributed by atoms with van der Waals surface area (Å²) in [5.41, 5.74) is 8.89. The van der Waals surface area contributed by atoms with Gasteiger partial charge in [0.2, 0.25) is 0 Å². The number of benzene rings is 2. The van der Waals surface area contributed by atoms with Crippen molar-refractivity contribution >= 4 is 35.6 Å². The lowest BCUT2D eigenvalue weighted by Gasteiger charge is -2.10. The minimum absolute atomic E-state index is 0. The third kappa shape index (κ3) is 5.62. The van der Waals surface area contributed by atoms with E-state index in [-0.39, 0.29) is 24.0 Å². The maximum absolute atomic E-state index is 5.97. The first-order valence-electron chi connectivity index (χ1n) is 8.57. The fourth-order valence-electron chi connectivity index (χ4n) is 2.62. The summed E-state index contributed by atoms with van der Waals surface area (Å²) in [6.07, 6.45) is 4.60. The molecule has 7 nitrogen and oxygen atoms in total. The topological polar surface area (TPSA) is 86.7 Å². The van der Waals surface area contributed by atoms with Crippen LogP contribution in [0, 0.1) is 0 Å². The van der Waals surface area contributed by atoms with Crippen molar-refractivity contribution in [2.24, 2.45) is 10.7 Å². The number of rotatable bonds is 7. The molecule has 0 saturated carbocycles. The molecule has 148 valence electrons. The maximum Gasteiger partial charge on any atom is 0.193 e. The average molecular weight is 493 g/mol. The van der Waals surface area contributed by atoms with E-state index < -0.39 is 0 Å². The summed E-state index contributed by atoms with van der Waals surface area (Å²) in [6, 6.07) is 15.5. The second-order valence-electron chi connectivity index (χ2n) is 5.84. The second-order valence-corrected chi connectivity index (χ2v) is 5.84. The van der Waals surface area contributed by atoms with Crippen LogP contribution < -0.4 is 20.5 Å². The first kappa shape index (κ1) is 21.5. The number of hydrogen-bond acceptors (Lipinski definition) is 4. The molecule has 3 N–H and O–H groups in total. The zero-order valence-electron chi connectivity index (χ0n) is 15.8. The Morgan fingerprint density at radius 2 is 1.86 bits per heavy atom. The van der Waals surface area contributed by atoms with Crippen LogP contribution in [0.25, 0.3) is 5.69 Å². The minimum Gasteiger partial charge on any atom is -0.493 e. The number of nitrogens with one attached hydrogen (secondary N) is 1. The van der Waals surface area contributed by atoms with Crippen LogP contribution in [0.3, 0.4) is 0 Å². The number of aliphatic imine (C=N–C) groups is 1. The van der Waals surface area contributed by atoms with E-state index in [1.807, 2.05) is 65.6 Å². The average Bonchev–Trinajstić information content (AvgIpc) is 3.17. The van der Waals surface area contributed by atoms with Crippen LogP contribution in [0.2, 0.25) is 0 Å². The minimum atomic E-state index is 0. The molecule has 28 heavy (non-hydrogen) atoms. The molecule has 8 heteroatoms. The Balaban J connectivity index is 0.00000280. The van der Waals surface area contributed by atoms with E-state index in [2.05, 4.69) is 15.4 Å². The summed E-state index contributed by atoms with van der Waals surface area (Å²) in [5, 5.41) is 7.44. The number of nitrogens with two attached hydrogens (primary N) is 1. The number of nitrogens with zero attached hydrogens (tertiary/aromatic N) is 3. The summed E-state index contributed by atoms with van der Waals surface area (Å²) in [4.78, 5) is 4.37. The van der Waals surface area contributed by atoms with Gasteiger partial charge in [0.1, 0.15) is 0 Å². The van der Waals surface area contributed by atoms with Crippen molar-refractivity contribution in [2.45, 2.75) is 6.42 Å². The normalized spacial score (nSPS) is 10.9. The van der Waals surface area contributed by atoms with Crippen LogP contribution in [-0.2, 0) is 6.42 Å². The Kier molecular flexibility index (Phi) is 8.12. The fraction of sp³-hybridized carbons (Fsp3) is 0.200. The van der Waals surface area contributed by atoms with Crippen molar-refractivity contribution in [1.29, 1.82) is 0 Å². The highest BCUT2D eigenvalue weighted by Crippen LogP contribution is 2.29. The molecule has 1 heterocycles. The van der Waals surface area contributed by atoms with Crippen LogP contribution in [-0.4, -0.2) is 36.5 Å². The largest absolute Gasteiger partial charge is 0.493 e. The van der Waals surface area contributed by atoms with Crippen molar-refractivity contribution in [3.8, 4) is 17.2 Å². The van der Waals surface area contributed by atoms with Crippen molar-refractivity contribution in [3.05, 3.63) is 66.5 Å². The van der Waals surface area contributed by atoms with E-state index in [0.29, 0.717) is 24.0 Å². The molecule has 0 amide bonds. The molecule has 0 radical (unpaired) electrons. The first-order valence-corrected chi connectivity index (χ1v) is 8.57. The summed E-state index contributed by atoms with van der Waals surface area (Å²) < 4.78 is 12.4. The van der Waals surface area contributed by atoms with E-state index in [0.717, 1.165) is 23.4 Å². The molecule has 3 rings (SSSR count). The van der Waals surface area contributed by atoms with Crippen molar-refractivity contribution in [2.75, 3.05) is 26.1 Å². The lowest BCUT2D eigenvalue weighted by atomic mass is 10.2. The van der Waals surface area contributed by atoms with Gasteiger partial charge in [0.25, 0.3) is 0 Å². The number of hydrogen-bond donors (Lipinski definition) is 2. The number of ether oxygens (including phenoxy) is 2. The monoisotopic (exact) mass is 493 g/mol. The van der Waals surface area contributed by atoms with Crippen LogP contribution in [0.15, 0.2) is 65.9 Å². The third-order valence-corrected chi connectivity index (χ3v) is 4.00. The molecule has 0 bridgehead atoms. The second kappa shape index (κ2) is 10.5. The molecule has 0 aliphatic carbocycles. The fourth-order valence-corrected chi connectivity index (χ4v) is 2.62. The third-order valence-electron chi connectivity index (χ3n) is 4.00.